The first kappa shape index (κ1) is 35.4. The number of aliphatic hydroxyl groups excluding tert-OH is 11. The molecule has 42 heavy (non-hydrogen) atoms. The summed E-state index contributed by atoms with van der Waals surface area (Å²) in [5.74, 6) is -3.54. The Morgan fingerprint density at radius 2 is 1.60 bits per heavy atom. The smallest absolute Gasteiger partial charge is 0.202 e. The molecule has 0 aromatic carbocycles. The van der Waals surface area contributed by atoms with Gasteiger partial charge in [0.1, 0.15) is 67.1 Å². The fourth-order valence-corrected chi connectivity index (χ4v) is 5.12. The van der Waals surface area contributed by atoms with Gasteiger partial charge >= 0.3 is 0 Å². The molecule has 0 aromatic rings. The van der Waals surface area contributed by atoms with Crippen molar-refractivity contribution >= 4 is 5.78 Å². The number of aliphatic hydroxyl groups is 12. The predicted molar refractivity (Wildman–Crippen MR) is 129 cm³/mol. The first-order valence-corrected chi connectivity index (χ1v) is 13.2. The first-order chi connectivity index (χ1) is 19.6. The molecule has 0 aromatic heterocycles. The van der Waals surface area contributed by atoms with E-state index in [1.54, 1.807) is 0 Å². The highest BCUT2D eigenvalue weighted by Crippen LogP contribution is 2.34. The molecule has 19 heteroatoms. The van der Waals surface area contributed by atoms with Crippen molar-refractivity contribution in [1.29, 1.82) is 0 Å². The van der Waals surface area contributed by atoms with Crippen LogP contribution in [0.5, 0.6) is 0 Å². The van der Waals surface area contributed by atoms with E-state index in [4.69, 9.17) is 34.5 Å². The van der Waals surface area contributed by atoms with Gasteiger partial charge in [-0.25, -0.2) is 0 Å². The van der Waals surface area contributed by atoms with E-state index in [0.717, 1.165) is 6.92 Å². The Labute approximate surface area is 238 Å². The highest BCUT2D eigenvalue weighted by Gasteiger charge is 2.55. The topological polar surface area (TPSA) is 332 Å². The van der Waals surface area contributed by atoms with E-state index in [1.165, 1.54) is 0 Å². The fourth-order valence-electron chi connectivity index (χ4n) is 5.12. The maximum Gasteiger partial charge on any atom is 0.202 e. The summed E-state index contributed by atoms with van der Waals surface area (Å²) in [6.07, 6.45) is -27.5. The summed E-state index contributed by atoms with van der Waals surface area (Å²) in [5.41, 5.74) is 5.83. The van der Waals surface area contributed by atoms with Crippen molar-refractivity contribution in [2.75, 3.05) is 19.8 Å². The minimum Gasteiger partial charge on any atom is -0.394 e. The average molecular weight is 620 g/mol. The summed E-state index contributed by atoms with van der Waals surface area (Å²) in [4.78, 5) is 12.5. The van der Waals surface area contributed by atoms with Gasteiger partial charge in [0.2, 0.25) is 5.79 Å². The Balaban J connectivity index is 1.76. The van der Waals surface area contributed by atoms with Crippen molar-refractivity contribution in [3.05, 3.63) is 0 Å². The SMILES string of the molecule is CC(=O)C(OC[C@H]1O[C@@H](O[C@H]2[C@H](O)[C@@H](O)[C@@H](O)O[C@@H]2CO)[C@H](O)[C@@H](O)[C@H]1O)[C@]1(O)C[C@H](O)[C@@H](N)[C@H]([C@H](O)[C@H](O)CO)O1. The third-order valence-electron chi connectivity index (χ3n) is 7.59. The molecule has 0 amide bonds. The zero-order valence-electron chi connectivity index (χ0n) is 22.5. The molecule has 14 N–H and O–H groups in total. The number of ether oxygens (including phenoxy) is 5. The maximum absolute atomic E-state index is 12.5. The quantitative estimate of drug-likeness (QED) is 0.102. The van der Waals surface area contributed by atoms with Crippen LogP contribution in [0.2, 0.25) is 0 Å². The van der Waals surface area contributed by atoms with Gasteiger partial charge in [-0.2, -0.15) is 0 Å². The maximum atomic E-state index is 12.5. The van der Waals surface area contributed by atoms with Gasteiger partial charge in [-0.1, -0.05) is 0 Å². The molecule has 3 heterocycles. The largest absolute Gasteiger partial charge is 0.394 e. The highest BCUT2D eigenvalue weighted by molar-refractivity contribution is 5.81. The van der Waals surface area contributed by atoms with Gasteiger partial charge in [0.25, 0.3) is 0 Å². The van der Waals surface area contributed by atoms with Crippen molar-refractivity contribution in [3.63, 3.8) is 0 Å². The van der Waals surface area contributed by atoms with E-state index in [2.05, 4.69) is 0 Å². The molecule has 19 nitrogen and oxygen atoms in total. The van der Waals surface area contributed by atoms with Gasteiger partial charge in [0, 0.05) is 6.42 Å². The van der Waals surface area contributed by atoms with Crippen LogP contribution in [0.3, 0.4) is 0 Å². The lowest BCUT2D eigenvalue weighted by atomic mass is 9.86. The molecule has 0 bridgehead atoms. The third kappa shape index (κ3) is 7.25. The van der Waals surface area contributed by atoms with E-state index >= 15 is 0 Å². The minimum absolute atomic E-state index is 0.714. The molecule has 17 atom stereocenters. The number of hydrogen-bond acceptors (Lipinski definition) is 19. The monoisotopic (exact) mass is 619 g/mol. The standard InChI is InChI=1S/C23H41NO18/c1-6(27)20(23(37)2-7(28)11(24)19(42-23)12(30)8(29)3-25)38-5-10-13(31)14(32)17(35)22(40-10)41-18-9(4-26)39-21(36)16(34)15(18)33/h7-22,25-26,28-37H,2-5,24H2,1H3/t7-,8+,9+,10+,11+,12+,13-,14-,15+,16+,17+,18+,19+,20?,21-,22-,23-/m0/s1. The summed E-state index contributed by atoms with van der Waals surface area (Å²) in [6.45, 7) is -1.57. The van der Waals surface area contributed by atoms with Crippen LogP contribution in [-0.4, -0.2) is 191 Å². The summed E-state index contributed by atoms with van der Waals surface area (Å²) < 4.78 is 26.8. The molecule has 3 aliphatic rings. The number of rotatable bonds is 11. The van der Waals surface area contributed by atoms with Crippen molar-refractivity contribution in [1.82, 2.24) is 0 Å². The van der Waals surface area contributed by atoms with Crippen molar-refractivity contribution in [2.24, 2.45) is 5.73 Å². The number of carbonyl (C=O) groups excluding carboxylic acids is 1. The van der Waals surface area contributed by atoms with Crippen molar-refractivity contribution < 1.29 is 89.8 Å². The molecule has 3 saturated heterocycles. The molecule has 0 spiro atoms. The van der Waals surface area contributed by atoms with Gasteiger partial charge in [0.05, 0.1) is 32.0 Å². The molecule has 3 fully saturated rings. The highest BCUT2D eigenvalue weighted by atomic mass is 16.7. The third-order valence-corrected chi connectivity index (χ3v) is 7.59. The molecule has 3 aliphatic heterocycles. The minimum atomic E-state index is -2.66. The summed E-state index contributed by atoms with van der Waals surface area (Å²) >= 11 is 0. The molecule has 246 valence electrons. The van der Waals surface area contributed by atoms with Gasteiger partial charge < -0.3 is 90.7 Å². The molecular weight excluding hydrogens is 578 g/mol. The van der Waals surface area contributed by atoms with E-state index in [-0.39, 0.29) is 0 Å². The zero-order chi connectivity index (χ0) is 31.7. The van der Waals surface area contributed by atoms with E-state index in [1.807, 2.05) is 0 Å². The van der Waals surface area contributed by atoms with Gasteiger partial charge in [-0.3, -0.25) is 4.79 Å². The van der Waals surface area contributed by atoms with Crippen molar-refractivity contribution in [3.8, 4) is 0 Å². The second-order valence-corrected chi connectivity index (χ2v) is 10.7. The second-order valence-electron chi connectivity index (χ2n) is 10.7. The second kappa shape index (κ2) is 14.4. The summed E-state index contributed by atoms with van der Waals surface area (Å²) in [5, 5.41) is 122. The Kier molecular flexibility index (Phi) is 12.1. The van der Waals surface area contributed by atoms with Crippen LogP contribution in [0.4, 0.5) is 0 Å². The lowest BCUT2D eigenvalue weighted by Crippen LogP contribution is -2.68. The first-order valence-electron chi connectivity index (χ1n) is 13.2. The van der Waals surface area contributed by atoms with Gasteiger partial charge in [-0.15, -0.1) is 0 Å². The van der Waals surface area contributed by atoms with E-state index < -0.39 is 136 Å². The fraction of sp³-hybridized carbons (Fsp3) is 0.957. The van der Waals surface area contributed by atoms with Crippen molar-refractivity contribution in [2.45, 2.75) is 117 Å². The molecule has 0 radical (unpaired) electrons. The lowest BCUT2D eigenvalue weighted by Gasteiger charge is -2.48. The lowest BCUT2D eigenvalue weighted by molar-refractivity contribution is -0.361. The van der Waals surface area contributed by atoms with Crippen LogP contribution in [0.25, 0.3) is 0 Å². The Morgan fingerprint density at radius 3 is 2.17 bits per heavy atom. The number of nitrogens with two attached hydrogens (primary N) is 1. The Morgan fingerprint density at radius 1 is 0.952 bits per heavy atom. The average Bonchev–Trinajstić information content (AvgIpc) is 2.94. The van der Waals surface area contributed by atoms with Crippen LogP contribution in [0.15, 0.2) is 0 Å². The molecule has 3 rings (SSSR count). The molecule has 0 aliphatic carbocycles. The summed E-state index contributed by atoms with van der Waals surface area (Å²) in [7, 11) is 0. The molecular formula is C23H41NO18. The number of ketones is 1. The zero-order valence-corrected chi connectivity index (χ0v) is 22.5. The Hall–Kier alpha value is -1.05. The number of Topliss-reactive ketones (excluding diaryl/α,β-unsaturated/α-hetero) is 1. The van der Waals surface area contributed by atoms with Gasteiger partial charge in [0.15, 0.2) is 24.5 Å². The summed E-state index contributed by atoms with van der Waals surface area (Å²) in [6, 6.07) is -1.37. The molecule has 1 unspecified atom stereocenters. The predicted octanol–water partition coefficient (Wildman–Crippen LogP) is -8.54. The molecule has 0 saturated carbocycles. The number of hydrogen-bond donors (Lipinski definition) is 13. The van der Waals surface area contributed by atoms with E-state index in [0.29, 0.717) is 0 Å². The number of carbonyl (C=O) groups is 1. The van der Waals surface area contributed by atoms with Crippen LogP contribution in [0, 0.1) is 0 Å². The van der Waals surface area contributed by atoms with Crippen LogP contribution in [0.1, 0.15) is 13.3 Å². The van der Waals surface area contributed by atoms with Crippen LogP contribution >= 0.6 is 0 Å². The van der Waals surface area contributed by atoms with E-state index in [9.17, 15) is 61.0 Å². The van der Waals surface area contributed by atoms with Crippen LogP contribution < -0.4 is 5.73 Å². The Bertz CT molecular complexity index is 884. The van der Waals surface area contributed by atoms with Gasteiger partial charge in [-0.05, 0) is 6.92 Å². The van der Waals surface area contributed by atoms with Crippen LogP contribution in [-0.2, 0) is 28.5 Å². The normalized spacial score (nSPS) is 47.0.